The molecule has 0 aliphatic carbocycles. The first kappa shape index (κ1) is 17.8. The van der Waals surface area contributed by atoms with Crippen molar-refractivity contribution >= 4 is 10.9 Å². The van der Waals surface area contributed by atoms with E-state index in [9.17, 15) is 0 Å². The number of nitrogens with zero attached hydrogens (tertiary/aromatic N) is 1. The molecule has 0 bridgehead atoms. The second-order valence-electron chi connectivity index (χ2n) is 7.42. The zero-order chi connectivity index (χ0) is 20.0. The lowest BCUT2D eigenvalue weighted by Crippen LogP contribution is -2.34. The Morgan fingerprint density at radius 3 is 1.93 bits per heavy atom. The molecule has 0 unspecified atom stereocenters. The Hall–Kier alpha value is -3.24. The van der Waals surface area contributed by atoms with Gasteiger partial charge in [0.15, 0.2) is 5.72 Å². The summed E-state index contributed by atoms with van der Waals surface area (Å²) in [5.41, 5.74) is 4.94. The minimum Gasteiger partial charge on any atom is -0.497 e. The third kappa shape index (κ3) is 2.64. The molecular formula is C25H23NO3. The summed E-state index contributed by atoms with van der Waals surface area (Å²) in [5.74, 6) is 1.65. The monoisotopic (exact) mass is 385 g/mol. The summed E-state index contributed by atoms with van der Waals surface area (Å²) in [5, 5.41) is 1.23. The van der Waals surface area contributed by atoms with Crippen LogP contribution in [-0.2, 0) is 17.1 Å². The second kappa shape index (κ2) is 6.68. The highest BCUT2D eigenvalue weighted by Crippen LogP contribution is 2.45. The first-order chi connectivity index (χ1) is 14.2. The van der Waals surface area contributed by atoms with Crippen LogP contribution in [0.4, 0.5) is 0 Å². The second-order valence-corrected chi connectivity index (χ2v) is 7.42. The minimum atomic E-state index is -0.745. The molecule has 0 spiro atoms. The maximum absolute atomic E-state index is 6.59. The SMILES string of the molecule is COc1ccc(C2(c3ccc(OC)cc3)OCc3cc4cc(C)ccc4n32)cc1. The quantitative estimate of drug-likeness (QED) is 0.481. The van der Waals surface area contributed by atoms with Crippen molar-refractivity contribution in [2.75, 3.05) is 14.2 Å². The number of aromatic nitrogens is 1. The predicted molar refractivity (Wildman–Crippen MR) is 114 cm³/mol. The number of hydrogen-bond acceptors (Lipinski definition) is 3. The fraction of sp³-hybridized carbons (Fsp3) is 0.200. The largest absolute Gasteiger partial charge is 0.497 e. The number of rotatable bonds is 4. The molecule has 1 aliphatic heterocycles. The number of methoxy groups -OCH3 is 2. The molecule has 0 saturated carbocycles. The van der Waals surface area contributed by atoms with Crippen LogP contribution in [0.1, 0.15) is 22.4 Å². The smallest absolute Gasteiger partial charge is 0.198 e. The van der Waals surface area contributed by atoms with Crippen LogP contribution in [0, 0.1) is 6.92 Å². The molecule has 29 heavy (non-hydrogen) atoms. The lowest BCUT2D eigenvalue weighted by Gasteiger charge is -2.33. The number of fused-ring (bicyclic) bond motifs is 3. The molecule has 2 heterocycles. The molecule has 0 radical (unpaired) electrons. The average Bonchev–Trinajstić information content (AvgIpc) is 3.31. The van der Waals surface area contributed by atoms with E-state index in [1.54, 1.807) is 14.2 Å². The summed E-state index contributed by atoms with van der Waals surface area (Å²) in [4.78, 5) is 0. The van der Waals surface area contributed by atoms with Crippen molar-refractivity contribution in [3.63, 3.8) is 0 Å². The molecule has 0 atom stereocenters. The summed E-state index contributed by atoms with van der Waals surface area (Å²) in [6.07, 6.45) is 0. The number of hydrogen-bond donors (Lipinski definition) is 0. The van der Waals surface area contributed by atoms with E-state index in [1.807, 2.05) is 24.3 Å². The van der Waals surface area contributed by atoms with Gasteiger partial charge in [-0.2, -0.15) is 0 Å². The van der Waals surface area contributed by atoms with Crippen molar-refractivity contribution in [2.45, 2.75) is 19.3 Å². The van der Waals surface area contributed by atoms with Crippen LogP contribution in [0.3, 0.4) is 0 Å². The van der Waals surface area contributed by atoms with Crippen molar-refractivity contribution in [3.05, 3.63) is 95.2 Å². The molecule has 0 N–H and O–H groups in total. The topological polar surface area (TPSA) is 32.6 Å². The fourth-order valence-electron chi connectivity index (χ4n) is 4.34. The predicted octanol–water partition coefficient (Wildman–Crippen LogP) is 5.25. The average molecular weight is 385 g/mol. The number of benzene rings is 3. The van der Waals surface area contributed by atoms with Gasteiger partial charge in [-0.05, 0) is 49.4 Å². The molecule has 1 aromatic heterocycles. The van der Waals surface area contributed by atoms with Gasteiger partial charge in [-0.15, -0.1) is 0 Å². The molecule has 5 rings (SSSR count). The van der Waals surface area contributed by atoms with Gasteiger partial charge in [-0.25, -0.2) is 0 Å². The fourth-order valence-corrected chi connectivity index (χ4v) is 4.34. The summed E-state index contributed by atoms with van der Waals surface area (Å²) in [6.45, 7) is 2.67. The Bertz CT molecular complexity index is 1130. The highest BCUT2D eigenvalue weighted by molar-refractivity contribution is 5.83. The van der Waals surface area contributed by atoms with E-state index < -0.39 is 5.72 Å². The minimum absolute atomic E-state index is 0.547. The molecule has 0 fully saturated rings. The van der Waals surface area contributed by atoms with Crippen LogP contribution < -0.4 is 9.47 Å². The molecular weight excluding hydrogens is 362 g/mol. The van der Waals surface area contributed by atoms with Crippen LogP contribution in [-0.4, -0.2) is 18.8 Å². The van der Waals surface area contributed by atoms with Gasteiger partial charge >= 0.3 is 0 Å². The summed E-state index contributed by atoms with van der Waals surface area (Å²) >= 11 is 0. The first-order valence-corrected chi connectivity index (χ1v) is 9.70. The summed E-state index contributed by atoms with van der Waals surface area (Å²) < 4.78 is 19.7. The van der Waals surface area contributed by atoms with E-state index in [-0.39, 0.29) is 0 Å². The van der Waals surface area contributed by atoms with Crippen LogP contribution in [0.5, 0.6) is 11.5 Å². The highest BCUT2D eigenvalue weighted by Gasteiger charge is 2.44. The van der Waals surface area contributed by atoms with Crippen molar-refractivity contribution < 1.29 is 14.2 Å². The van der Waals surface area contributed by atoms with Gasteiger partial charge in [0.2, 0.25) is 0 Å². The van der Waals surface area contributed by atoms with E-state index in [4.69, 9.17) is 14.2 Å². The number of ether oxygens (including phenoxy) is 3. The van der Waals surface area contributed by atoms with Gasteiger partial charge in [-0.1, -0.05) is 35.9 Å². The van der Waals surface area contributed by atoms with E-state index in [2.05, 4.69) is 60.0 Å². The Balaban J connectivity index is 1.79. The van der Waals surface area contributed by atoms with Gasteiger partial charge in [0, 0.05) is 22.2 Å². The molecule has 0 amide bonds. The summed E-state index contributed by atoms with van der Waals surface area (Å²) in [6, 6.07) is 25.1. The van der Waals surface area contributed by atoms with Crippen molar-refractivity contribution in [3.8, 4) is 11.5 Å². The zero-order valence-corrected chi connectivity index (χ0v) is 16.8. The highest BCUT2D eigenvalue weighted by atomic mass is 16.5. The Kier molecular flexibility index (Phi) is 4.10. The third-order valence-electron chi connectivity index (χ3n) is 5.74. The molecule has 4 aromatic rings. The lowest BCUT2D eigenvalue weighted by atomic mass is 9.93. The van der Waals surface area contributed by atoms with Gasteiger partial charge in [0.1, 0.15) is 11.5 Å². The molecule has 4 heteroatoms. The van der Waals surface area contributed by atoms with E-state index in [1.165, 1.54) is 10.9 Å². The van der Waals surface area contributed by atoms with E-state index >= 15 is 0 Å². The molecule has 3 aromatic carbocycles. The van der Waals surface area contributed by atoms with Crippen LogP contribution in [0.2, 0.25) is 0 Å². The third-order valence-corrected chi connectivity index (χ3v) is 5.74. The molecule has 1 aliphatic rings. The van der Waals surface area contributed by atoms with E-state index in [0.29, 0.717) is 6.61 Å². The maximum Gasteiger partial charge on any atom is 0.198 e. The Morgan fingerprint density at radius 1 is 0.793 bits per heavy atom. The lowest BCUT2D eigenvalue weighted by molar-refractivity contribution is -0.00986. The van der Waals surface area contributed by atoms with Gasteiger partial charge in [0.25, 0.3) is 0 Å². The number of aryl methyl sites for hydroxylation is 1. The standard InChI is InChI=1S/C25H23NO3/c1-17-4-13-24-18(14-17)15-21-16-29-25(26(21)24,19-5-9-22(27-2)10-6-19)20-7-11-23(28-3)12-8-20/h4-15H,16H2,1-3H3. The van der Waals surface area contributed by atoms with Crippen molar-refractivity contribution in [1.82, 2.24) is 4.57 Å². The first-order valence-electron chi connectivity index (χ1n) is 9.70. The molecule has 4 nitrogen and oxygen atoms in total. The van der Waals surface area contributed by atoms with Crippen LogP contribution in [0.15, 0.2) is 72.8 Å². The van der Waals surface area contributed by atoms with Gasteiger partial charge in [0.05, 0.1) is 26.3 Å². The van der Waals surface area contributed by atoms with E-state index in [0.717, 1.165) is 33.8 Å². The van der Waals surface area contributed by atoms with Crippen molar-refractivity contribution in [1.29, 1.82) is 0 Å². The molecule has 0 saturated heterocycles. The molecule has 146 valence electrons. The van der Waals surface area contributed by atoms with Crippen LogP contribution >= 0.6 is 0 Å². The Labute approximate surface area is 170 Å². The Morgan fingerprint density at radius 2 is 1.38 bits per heavy atom. The maximum atomic E-state index is 6.59. The zero-order valence-electron chi connectivity index (χ0n) is 16.8. The van der Waals surface area contributed by atoms with Crippen molar-refractivity contribution in [2.24, 2.45) is 0 Å². The normalized spacial score (nSPS) is 14.7. The van der Waals surface area contributed by atoms with Gasteiger partial charge < -0.3 is 18.8 Å². The van der Waals surface area contributed by atoms with Gasteiger partial charge in [-0.3, -0.25) is 0 Å². The summed E-state index contributed by atoms with van der Waals surface area (Å²) in [7, 11) is 3.36. The van der Waals surface area contributed by atoms with Crippen LogP contribution in [0.25, 0.3) is 10.9 Å².